The maximum atomic E-state index is 11.6. The van der Waals surface area contributed by atoms with Crippen LogP contribution in [0, 0.1) is 0 Å². The highest BCUT2D eigenvalue weighted by Gasteiger charge is 2.27. The SMILES string of the molecule is CC(c1nc(-c2ccccc2)no1)N(C(=O)O)c1ccccc1. The fraction of sp³-hybridized carbons (Fsp3) is 0.118. The van der Waals surface area contributed by atoms with E-state index in [2.05, 4.69) is 10.1 Å². The molecule has 1 heterocycles. The van der Waals surface area contributed by atoms with Gasteiger partial charge in [0.2, 0.25) is 11.7 Å². The predicted octanol–water partition coefficient (Wildman–Crippen LogP) is 3.98. The van der Waals surface area contributed by atoms with Crippen LogP contribution in [-0.2, 0) is 0 Å². The van der Waals surface area contributed by atoms with Gasteiger partial charge in [-0.25, -0.2) is 4.79 Å². The average Bonchev–Trinajstić information content (AvgIpc) is 3.06. The van der Waals surface area contributed by atoms with Gasteiger partial charge in [-0.15, -0.1) is 0 Å². The molecule has 0 aliphatic rings. The van der Waals surface area contributed by atoms with Gasteiger partial charge in [0.15, 0.2) is 0 Å². The summed E-state index contributed by atoms with van der Waals surface area (Å²) in [6, 6.07) is 17.6. The molecule has 1 unspecified atom stereocenters. The summed E-state index contributed by atoms with van der Waals surface area (Å²) in [5.41, 5.74) is 1.36. The molecule has 0 bridgehead atoms. The second kappa shape index (κ2) is 6.31. The summed E-state index contributed by atoms with van der Waals surface area (Å²) < 4.78 is 5.27. The van der Waals surface area contributed by atoms with Crippen molar-refractivity contribution >= 4 is 11.8 Å². The normalized spacial score (nSPS) is 11.9. The molecular formula is C17H15N3O3. The molecule has 2 aromatic carbocycles. The minimum atomic E-state index is -1.08. The van der Waals surface area contributed by atoms with E-state index in [1.54, 1.807) is 31.2 Å². The quantitative estimate of drug-likeness (QED) is 0.788. The standard InChI is InChI=1S/C17H15N3O3/c1-12(20(17(21)22)14-10-6-3-7-11-14)16-18-15(19-23-16)13-8-4-2-5-9-13/h2-12H,1H3,(H,21,22). The Bertz CT molecular complexity index is 787. The Balaban J connectivity index is 1.91. The van der Waals surface area contributed by atoms with E-state index in [0.29, 0.717) is 11.5 Å². The first-order valence-electron chi connectivity index (χ1n) is 7.13. The van der Waals surface area contributed by atoms with E-state index in [4.69, 9.17) is 4.52 Å². The molecule has 0 aliphatic heterocycles. The minimum absolute atomic E-state index is 0.245. The average molecular weight is 309 g/mol. The zero-order valence-corrected chi connectivity index (χ0v) is 12.5. The Labute approximate surface area is 133 Å². The fourth-order valence-electron chi connectivity index (χ4n) is 2.31. The van der Waals surface area contributed by atoms with Crippen LogP contribution in [0.1, 0.15) is 18.9 Å². The lowest BCUT2D eigenvalue weighted by atomic mass is 10.2. The summed E-state index contributed by atoms with van der Waals surface area (Å²) in [6.45, 7) is 1.71. The Morgan fingerprint density at radius 2 is 1.70 bits per heavy atom. The van der Waals surface area contributed by atoms with Crippen LogP contribution in [0.2, 0.25) is 0 Å². The van der Waals surface area contributed by atoms with Crippen LogP contribution in [-0.4, -0.2) is 21.3 Å². The van der Waals surface area contributed by atoms with Crippen LogP contribution >= 0.6 is 0 Å². The van der Waals surface area contributed by atoms with Crippen LogP contribution in [0.25, 0.3) is 11.4 Å². The molecule has 0 fully saturated rings. The topological polar surface area (TPSA) is 79.5 Å². The molecule has 3 aromatic rings. The third-order valence-corrected chi connectivity index (χ3v) is 3.46. The summed E-state index contributed by atoms with van der Waals surface area (Å²) in [5.74, 6) is 0.681. The van der Waals surface area contributed by atoms with E-state index >= 15 is 0 Å². The van der Waals surface area contributed by atoms with Crippen LogP contribution in [0.4, 0.5) is 10.5 Å². The number of hydrogen-bond donors (Lipinski definition) is 1. The first kappa shape index (κ1) is 14.8. The lowest BCUT2D eigenvalue weighted by molar-refractivity contribution is 0.197. The molecule has 0 spiro atoms. The van der Waals surface area contributed by atoms with Crippen molar-refractivity contribution in [1.29, 1.82) is 0 Å². The second-order valence-corrected chi connectivity index (χ2v) is 4.99. The molecule has 1 aromatic heterocycles. The Kier molecular flexibility index (Phi) is 4.05. The number of carboxylic acid groups (broad SMARTS) is 1. The number of benzene rings is 2. The highest BCUT2D eigenvalue weighted by atomic mass is 16.5. The summed E-state index contributed by atoms with van der Waals surface area (Å²) in [4.78, 5) is 17.2. The summed E-state index contributed by atoms with van der Waals surface area (Å²) in [5, 5.41) is 13.5. The molecule has 0 radical (unpaired) electrons. The fourth-order valence-corrected chi connectivity index (χ4v) is 2.31. The number of nitrogens with zero attached hydrogens (tertiary/aromatic N) is 3. The monoisotopic (exact) mass is 309 g/mol. The van der Waals surface area contributed by atoms with Crippen LogP contribution in [0.15, 0.2) is 65.2 Å². The second-order valence-electron chi connectivity index (χ2n) is 4.99. The smallest absolute Gasteiger partial charge is 0.412 e. The third kappa shape index (κ3) is 3.06. The van der Waals surface area contributed by atoms with Gasteiger partial charge in [0.25, 0.3) is 0 Å². The van der Waals surface area contributed by atoms with Crippen molar-refractivity contribution in [3.8, 4) is 11.4 Å². The lowest BCUT2D eigenvalue weighted by Gasteiger charge is -2.23. The van der Waals surface area contributed by atoms with E-state index < -0.39 is 12.1 Å². The van der Waals surface area contributed by atoms with Crippen molar-refractivity contribution in [3.05, 3.63) is 66.6 Å². The van der Waals surface area contributed by atoms with Crippen LogP contribution in [0.5, 0.6) is 0 Å². The third-order valence-electron chi connectivity index (χ3n) is 3.46. The van der Waals surface area contributed by atoms with E-state index in [-0.39, 0.29) is 5.89 Å². The molecule has 1 amide bonds. The van der Waals surface area contributed by atoms with Crippen molar-refractivity contribution in [2.24, 2.45) is 0 Å². The van der Waals surface area contributed by atoms with Crippen molar-refractivity contribution in [2.75, 3.05) is 4.90 Å². The molecule has 0 saturated heterocycles. The van der Waals surface area contributed by atoms with E-state index in [1.807, 2.05) is 36.4 Å². The maximum Gasteiger partial charge on any atom is 0.412 e. The molecule has 0 saturated carbocycles. The van der Waals surface area contributed by atoms with Crippen LogP contribution < -0.4 is 4.90 Å². The van der Waals surface area contributed by atoms with Gasteiger partial charge in [-0.3, -0.25) is 4.90 Å². The van der Waals surface area contributed by atoms with Gasteiger partial charge in [-0.2, -0.15) is 4.98 Å². The molecule has 1 N–H and O–H groups in total. The summed E-state index contributed by atoms with van der Waals surface area (Å²) in [6.07, 6.45) is -1.08. The Morgan fingerprint density at radius 1 is 1.09 bits per heavy atom. The minimum Gasteiger partial charge on any atom is -0.465 e. The molecule has 1 atom stereocenters. The molecule has 3 rings (SSSR count). The zero-order chi connectivity index (χ0) is 16.2. The summed E-state index contributed by atoms with van der Waals surface area (Å²) in [7, 11) is 0. The Morgan fingerprint density at radius 3 is 2.30 bits per heavy atom. The molecular weight excluding hydrogens is 294 g/mol. The van der Waals surface area contributed by atoms with Gasteiger partial charge in [0.05, 0.1) is 0 Å². The van der Waals surface area contributed by atoms with Gasteiger partial charge in [-0.1, -0.05) is 53.7 Å². The van der Waals surface area contributed by atoms with Crippen molar-refractivity contribution < 1.29 is 14.4 Å². The van der Waals surface area contributed by atoms with Gasteiger partial charge >= 0.3 is 6.09 Å². The van der Waals surface area contributed by atoms with Gasteiger partial charge < -0.3 is 9.63 Å². The van der Waals surface area contributed by atoms with E-state index in [0.717, 1.165) is 5.56 Å². The highest BCUT2D eigenvalue weighted by Crippen LogP contribution is 2.27. The lowest BCUT2D eigenvalue weighted by Crippen LogP contribution is -2.32. The van der Waals surface area contributed by atoms with Crippen molar-refractivity contribution in [3.63, 3.8) is 0 Å². The highest BCUT2D eigenvalue weighted by molar-refractivity contribution is 5.86. The molecule has 0 aliphatic carbocycles. The number of carbonyl (C=O) groups is 1. The zero-order valence-electron chi connectivity index (χ0n) is 12.5. The first-order valence-corrected chi connectivity index (χ1v) is 7.13. The molecule has 23 heavy (non-hydrogen) atoms. The van der Waals surface area contributed by atoms with Crippen molar-refractivity contribution in [1.82, 2.24) is 10.1 Å². The summed E-state index contributed by atoms with van der Waals surface area (Å²) >= 11 is 0. The molecule has 116 valence electrons. The maximum absolute atomic E-state index is 11.6. The molecule has 6 nitrogen and oxygen atoms in total. The predicted molar refractivity (Wildman–Crippen MR) is 85.1 cm³/mol. The van der Waals surface area contributed by atoms with E-state index in [1.165, 1.54) is 4.90 Å². The number of amides is 1. The van der Waals surface area contributed by atoms with Gasteiger partial charge in [0, 0.05) is 11.3 Å². The largest absolute Gasteiger partial charge is 0.465 e. The van der Waals surface area contributed by atoms with Gasteiger partial charge in [0.1, 0.15) is 6.04 Å². The molecule has 6 heteroatoms. The number of aromatic nitrogens is 2. The first-order chi connectivity index (χ1) is 11.2. The van der Waals surface area contributed by atoms with E-state index in [9.17, 15) is 9.90 Å². The Hall–Kier alpha value is -3.15. The number of para-hydroxylation sites is 1. The number of rotatable bonds is 4. The van der Waals surface area contributed by atoms with Gasteiger partial charge in [-0.05, 0) is 19.1 Å². The number of anilines is 1. The van der Waals surface area contributed by atoms with Crippen LogP contribution in [0.3, 0.4) is 0 Å². The van der Waals surface area contributed by atoms with Crippen molar-refractivity contribution in [2.45, 2.75) is 13.0 Å². The number of hydrogen-bond acceptors (Lipinski definition) is 4.